The first kappa shape index (κ1) is 15.5. The number of carbonyl (C=O) groups excluding carboxylic acids is 2. The van der Waals surface area contributed by atoms with Gasteiger partial charge in [-0.15, -0.1) is 0 Å². The fourth-order valence-electron chi connectivity index (χ4n) is 4.45. The Morgan fingerprint density at radius 2 is 1.73 bits per heavy atom. The van der Waals surface area contributed by atoms with E-state index in [1.165, 1.54) is 4.90 Å². The molecule has 0 aromatic heterocycles. The quantitative estimate of drug-likeness (QED) is 0.682. The number of aliphatic hydroxyl groups is 1. The van der Waals surface area contributed by atoms with Gasteiger partial charge in [-0.25, -0.2) is 4.90 Å². The van der Waals surface area contributed by atoms with Crippen LogP contribution in [-0.2, 0) is 14.3 Å². The molecule has 5 heteroatoms. The highest BCUT2D eigenvalue weighted by Crippen LogP contribution is 2.52. The molecule has 0 saturated carbocycles. The van der Waals surface area contributed by atoms with Crippen molar-refractivity contribution in [2.45, 2.75) is 11.7 Å². The minimum Gasteiger partial charge on any atom is -0.393 e. The zero-order valence-corrected chi connectivity index (χ0v) is 13.9. The van der Waals surface area contributed by atoms with Crippen LogP contribution >= 0.6 is 0 Å². The van der Waals surface area contributed by atoms with E-state index in [4.69, 9.17) is 4.74 Å². The monoisotopic (exact) mass is 347 g/mol. The number of fused-ring (bicyclic) bond motifs is 5. The Kier molecular flexibility index (Phi) is 3.20. The van der Waals surface area contributed by atoms with Crippen LogP contribution in [0.5, 0.6) is 0 Å². The second-order valence-corrected chi connectivity index (χ2v) is 6.95. The van der Waals surface area contributed by atoms with E-state index in [0.29, 0.717) is 5.69 Å². The van der Waals surface area contributed by atoms with Crippen LogP contribution in [0.1, 0.15) is 0 Å². The largest absolute Gasteiger partial charge is 0.393 e. The number of amides is 2. The fourth-order valence-corrected chi connectivity index (χ4v) is 4.45. The van der Waals surface area contributed by atoms with Gasteiger partial charge in [0.05, 0.1) is 30.2 Å². The van der Waals surface area contributed by atoms with Crippen molar-refractivity contribution in [2.24, 2.45) is 11.8 Å². The molecule has 2 aromatic carbocycles. The van der Waals surface area contributed by atoms with Gasteiger partial charge in [0.1, 0.15) is 5.60 Å². The summed E-state index contributed by atoms with van der Waals surface area (Å²) in [5.41, 5.74) is 1.28. The lowest BCUT2D eigenvalue weighted by Crippen LogP contribution is -2.43. The second kappa shape index (κ2) is 5.37. The average Bonchev–Trinajstić information content (AvgIpc) is 3.33. The normalized spacial score (nSPS) is 31.7. The molecule has 0 unspecified atom stereocenters. The molecule has 2 aromatic rings. The number of aliphatic hydroxyl groups excluding tert-OH is 1. The number of carbonyl (C=O) groups is 2. The topological polar surface area (TPSA) is 66.8 Å². The molecule has 2 fully saturated rings. The van der Waals surface area contributed by atoms with Crippen molar-refractivity contribution >= 4 is 17.5 Å². The van der Waals surface area contributed by atoms with Gasteiger partial charge in [0.25, 0.3) is 0 Å². The van der Waals surface area contributed by atoms with Gasteiger partial charge < -0.3 is 9.84 Å². The van der Waals surface area contributed by atoms with E-state index in [-0.39, 0.29) is 18.4 Å². The van der Waals surface area contributed by atoms with Crippen LogP contribution in [-0.4, -0.2) is 35.2 Å². The third-order valence-corrected chi connectivity index (χ3v) is 5.63. The van der Waals surface area contributed by atoms with Crippen LogP contribution < -0.4 is 4.90 Å². The Bertz CT molecular complexity index is 938. The first-order valence-corrected chi connectivity index (χ1v) is 8.66. The SMILES string of the molecule is O=C1[C@H]2[C@@H]3C=C[C@](CO)(O3)[C@H]2C(=O)N1c1ccccc1-c1ccccc1. The molecule has 3 aliphatic heterocycles. The summed E-state index contributed by atoms with van der Waals surface area (Å²) in [4.78, 5) is 27.6. The molecule has 2 bridgehead atoms. The van der Waals surface area contributed by atoms with Gasteiger partial charge in [-0.1, -0.05) is 60.7 Å². The summed E-state index contributed by atoms with van der Waals surface area (Å²) in [7, 11) is 0. The van der Waals surface area contributed by atoms with Gasteiger partial charge in [-0.05, 0) is 11.6 Å². The lowest BCUT2D eigenvalue weighted by Gasteiger charge is -2.27. The highest BCUT2D eigenvalue weighted by atomic mass is 16.5. The van der Waals surface area contributed by atoms with Gasteiger partial charge in [0, 0.05) is 5.56 Å². The molecule has 5 rings (SSSR count). The molecule has 1 N–H and O–H groups in total. The molecule has 4 atom stereocenters. The molecule has 0 spiro atoms. The van der Waals surface area contributed by atoms with E-state index in [1.54, 1.807) is 18.2 Å². The Morgan fingerprint density at radius 3 is 2.50 bits per heavy atom. The van der Waals surface area contributed by atoms with Crippen molar-refractivity contribution in [3.05, 3.63) is 66.7 Å². The number of para-hydroxylation sites is 1. The Balaban J connectivity index is 1.62. The smallest absolute Gasteiger partial charge is 0.241 e. The van der Waals surface area contributed by atoms with Crippen molar-refractivity contribution < 1.29 is 19.4 Å². The summed E-state index contributed by atoms with van der Waals surface area (Å²) >= 11 is 0. The highest BCUT2D eigenvalue weighted by molar-refractivity contribution is 6.24. The van der Waals surface area contributed by atoms with Crippen LogP contribution in [0.2, 0.25) is 0 Å². The molecule has 3 heterocycles. The molecule has 0 aliphatic carbocycles. The predicted octanol–water partition coefficient (Wildman–Crippen LogP) is 2.16. The predicted molar refractivity (Wildman–Crippen MR) is 95.2 cm³/mol. The number of anilines is 1. The van der Waals surface area contributed by atoms with E-state index in [0.717, 1.165) is 11.1 Å². The second-order valence-electron chi connectivity index (χ2n) is 6.95. The maximum atomic E-state index is 13.2. The summed E-state index contributed by atoms with van der Waals surface area (Å²) < 4.78 is 5.79. The van der Waals surface area contributed by atoms with Crippen molar-refractivity contribution in [3.63, 3.8) is 0 Å². The minimum absolute atomic E-state index is 0.256. The molecule has 26 heavy (non-hydrogen) atoms. The lowest BCUT2D eigenvalue weighted by atomic mass is 9.77. The molecular weight excluding hydrogens is 330 g/mol. The first-order valence-electron chi connectivity index (χ1n) is 8.66. The van der Waals surface area contributed by atoms with Crippen molar-refractivity contribution in [2.75, 3.05) is 11.5 Å². The third kappa shape index (κ3) is 1.87. The molecule has 2 amide bonds. The number of nitrogens with zero attached hydrogens (tertiary/aromatic N) is 1. The number of hydrogen-bond acceptors (Lipinski definition) is 4. The highest BCUT2D eigenvalue weighted by Gasteiger charge is 2.67. The summed E-state index contributed by atoms with van der Waals surface area (Å²) in [6.07, 6.45) is 3.07. The van der Waals surface area contributed by atoms with Gasteiger partial charge in [0.2, 0.25) is 11.8 Å². The van der Waals surface area contributed by atoms with Gasteiger partial charge in [0.15, 0.2) is 0 Å². The van der Waals surface area contributed by atoms with E-state index < -0.39 is 23.5 Å². The van der Waals surface area contributed by atoms with Crippen LogP contribution in [0.4, 0.5) is 5.69 Å². The number of hydrogen-bond donors (Lipinski definition) is 1. The molecule has 130 valence electrons. The lowest BCUT2D eigenvalue weighted by molar-refractivity contribution is -0.128. The van der Waals surface area contributed by atoms with Crippen molar-refractivity contribution in [3.8, 4) is 11.1 Å². The Labute approximate surface area is 150 Å². The summed E-state index contributed by atoms with van der Waals surface area (Å²) in [5, 5.41) is 9.83. The number of ether oxygens (including phenoxy) is 1. The van der Waals surface area contributed by atoms with Gasteiger partial charge in [-0.3, -0.25) is 9.59 Å². The minimum atomic E-state index is -1.07. The van der Waals surface area contributed by atoms with Crippen LogP contribution in [0.25, 0.3) is 11.1 Å². The Morgan fingerprint density at radius 1 is 1.00 bits per heavy atom. The number of benzene rings is 2. The zero-order chi connectivity index (χ0) is 17.9. The summed E-state index contributed by atoms with van der Waals surface area (Å²) in [5.74, 6) is -1.79. The summed E-state index contributed by atoms with van der Waals surface area (Å²) in [6.45, 7) is -0.311. The number of rotatable bonds is 3. The fraction of sp³-hybridized carbons (Fsp3) is 0.238. The summed E-state index contributed by atoms with van der Waals surface area (Å²) in [6, 6.07) is 17.1. The third-order valence-electron chi connectivity index (χ3n) is 5.63. The number of imide groups is 1. The molecule has 0 radical (unpaired) electrons. The van der Waals surface area contributed by atoms with Gasteiger partial charge >= 0.3 is 0 Å². The molecule has 2 saturated heterocycles. The molecule has 5 nitrogen and oxygen atoms in total. The Hall–Kier alpha value is -2.76. The molecular formula is C21H17NO4. The van der Waals surface area contributed by atoms with E-state index in [1.807, 2.05) is 48.5 Å². The average molecular weight is 347 g/mol. The van der Waals surface area contributed by atoms with Crippen molar-refractivity contribution in [1.29, 1.82) is 0 Å². The first-order chi connectivity index (χ1) is 12.7. The maximum absolute atomic E-state index is 13.2. The van der Waals surface area contributed by atoms with Crippen LogP contribution in [0, 0.1) is 11.8 Å². The standard InChI is InChI=1S/C21H17NO4/c23-12-21-11-10-16(26-21)17-18(21)20(25)22(19(17)24)15-9-5-4-8-14(15)13-6-2-1-3-7-13/h1-11,16-18,23H,12H2/t16-,17-,18+,21+/m0/s1. The van der Waals surface area contributed by atoms with Crippen molar-refractivity contribution in [1.82, 2.24) is 0 Å². The van der Waals surface area contributed by atoms with Crippen LogP contribution in [0.3, 0.4) is 0 Å². The molecule has 3 aliphatic rings. The zero-order valence-electron chi connectivity index (χ0n) is 13.9. The maximum Gasteiger partial charge on any atom is 0.241 e. The van der Waals surface area contributed by atoms with E-state index in [9.17, 15) is 14.7 Å². The van der Waals surface area contributed by atoms with Gasteiger partial charge in [-0.2, -0.15) is 0 Å². The van der Waals surface area contributed by atoms with Crippen LogP contribution in [0.15, 0.2) is 66.7 Å². The van der Waals surface area contributed by atoms with E-state index in [2.05, 4.69) is 0 Å². The van der Waals surface area contributed by atoms with E-state index >= 15 is 0 Å².